The van der Waals surface area contributed by atoms with Crippen LogP contribution in [0.5, 0.6) is 0 Å². The van der Waals surface area contributed by atoms with E-state index in [2.05, 4.69) is 5.32 Å². The highest BCUT2D eigenvalue weighted by molar-refractivity contribution is 7.60. The third-order valence-electron chi connectivity index (χ3n) is 3.21. The van der Waals surface area contributed by atoms with Crippen molar-refractivity contribution in [3.8, 4) is 0 Å². The number of carbonyl (C=O) groups is 1. The van der Waals surface area contributed by atoms with Gasteiger partial charge in [0.05, 0.1) is 13.2 Å². The summed E-state index contributed by atoms with van der Waals surface area (Å²) in [5.41, 5.74) is -2.61. The molecular formula is C16H33FNO7P. The van der Waals surface area contributed by atoms with Gasteiger partial charge in [0.2, 0.25) is 11.4 Å². The van der Waals surface area contributed by atoms with Gasteiger partial charge < -0.3 is 29.2 Å². The van der Waals surface area contributed by atoms with Gasteiger partial charge in [-0.1, -0.05) is 0 Å². The van der Waals surface area contributed by atoms with Crippen molar-refractivity contribution in [2.24, 2.45) is 0 Å². The number of aliphatic hydroxyl groups excluding tert-OH is 1. The number of hydrogen-bond acceptors (Lipinski definition) is 7. The molecule has 0 aliphatic carbocycles. The Labute approximate surface area is 155 Å². The number of alkyl halides is 1. The molecule has 0 aromatic carbocycles. The van der Waals surface area contributed by atoms with E-state index in [1.165, 1.54) is 6.92 Å². The van der Waals surface area contributed by atoms with Gasteiger partial charge in [0.25, 0.3) is 7.37 Å². The van der Waals surface area contributed by atoms with Gasteiger partial charge in [-0.3, -0.25) is 4.57 Å². The third kappa shape index (κ3) is 7.12. The van der Waals surface area contributed by atoms with Crippen molar-refractivity contribution in [3.63, 3.8) is 0 Å². The van der Waals surface area contributed by atoms with E-state index in [1.54, 1.807) is 41.5 Å². The standard InChI is InChI=1S/C16H33FNO7P/c1-8-22-16(7,23-9-2)26(21,24-10-3)13(17)12(19)11-18-14(20)25-15(4,5)6/h12-13,19H,8-11H2,1-7H3,(H,18,20). The van der Waals surface area contributed by atoms with Crippen LogP contribution in [0, 0.1) is 0 Å². The summed E-state index contributed by atoms with van der Waals surface area (Å²) in [6.07, 6.45) is -2.63. The normalized spacial score (nSPS) is 17.3. The zero-order valence-electron chi connectivity index (χ0n) is 16.7. The number of carbonyl (C=O) groups excluding carboxylic acids is 1. The lowest BCUT2D eigenvalue weighted by atomic mass is 10.2. The maximum atomic E-state index is 15.0. The Bertz CT molecular complexity index is 478. The van der Waals surface area contributed by atoms with Crippen molar-refractivity contribution in [3.05, 3.63) is 0 Å². The minimum atomic E-state index is -4.28. The van der Waals surface area contributed by atoms with E-state index in [0.717, 1.165) is 0 Å². The van der Waals surface area contributed by atoms with Crippen LogP contribution in [0.25, 0.3) is 0 Å². The molecule has 0 aliphatic heterocycles. The third-order valence-corrected chi connectivity index (χ3v) is 6.23. The molecule has 10 heteroatoms. The first-order chi connectivity index (χ1) is 11.9. The Balaban J connectivity index is 5.27. The zero-order valence-corrected chi connectivity index (χ0v) is 17.6. The molecule has 0 radical (unpaired) electrons. The Hall–Kier alpha value is -0.730. The monoisotopic (exact) mass is 401 g/mol. The molecule has 0 heterocycles. The summed E-state index contributed by atoms with van der Waals surface area (Å²) in [6.45, 7) is 10.8. The van der Waals surface area contributed by atoms with Crippen LogP contribution in [-0.2, 0) is 23.3 Å². The Morgan fingerprint density at radius 1 is 1.12 bits per heavy atom. The molecule has 26 heavy (non-hydrogen) atoms. The summed E-state index contributed by atoms with van der Waals surface area (Å²) in [7, 11) is -4.28. The molecule has 0 saturated heterocycles. The molecule has 0 aromatic rings. The largest absolute Gasteiger partial charge is 0.444 e. The summed E-state index contributed by atoms with van der Waals surface area (Å²) in [5.74, 6) is -2.33. The smallest absolute Gasteiger partial charge is 0.407 e. The van der Waals surface area contributed by atoms with Gasteiger partial charge >= 0.3 is 6.09 Å². The van der Waals surface area contributed by atoms with Crippen molar-refractivity contribution in [1.82, 2.24) is 5.32 Å². The highest BCUT2D eigenvalue weighted by Gasteiger charge is 2.56. The first-order valence-electron chi connectivity index (χ1n) is 8.68. The molecule has 3 atom stereocenters. The number of alkyl carbamates (subject to hydrolysis) is 1. The predicted octanol–water partition coefficient (Wildman–Crippen LogP) is 3.23. The fourth-order valence-corrected chi connectivity index (χ4v) is 4.57. The summed E-state index contributed by atoms with van der Waals surface area (Å²) >= 11 is 0. The molecular weight excluding hydrogens is 368 g/mol. The van der Waals surface area contributed by atoms with Crippen LogP contribution in [0.4, 0.5) is 9.18 Å². The minimum absolute atomic E-state index is 0.0698. The molecule has 0 saturated carbocycles. The van der Waals surface area contributed by atoms with Crippen LogP contribution in [0.15, 0.2) is 0 Å². The summed E-state index contributed by atoms with van der Waals surface area (Å²) in [5, 5.41) is 12.4. The lowest BCUT2D eigenvalue weighted by Gasteiger charge is -2.38. The molecule has 0 aliphatic rings. The van der Waals surface area contributed by atoms with Crippen molar-refractivity contribution in [1.29, 1.82) is 0 Å². The number of halogens is 1. The molecule has 1 amide bonds. The van der Waals surface area contributed by atoms with E-state index in [9.17, 15) is 18.9 Å². The quantitative estimate of drug-likeness (QED) is 0.405. The zero-order chi connectivity index (χ0) is 20.6. The maximum Gasteiger partial charge on any atom is 0.407 e. The fourth-order valence-electron chi connectivity index (χ4n) is 2.19. The number of amides is 1. The van der Waals surface area contributed by atoms with Gasteiger partial charge in [0.1, 0.15) is 11.7 Å². The first-order valence-corrected chi connectivity index (χ1v) is 10.4. The molecule has 0 rings (SSSR count). The molecule has 2 N–H and O–H groups in total. The minimum Gasteiger partial charge on any atom is -0.444 e. The first kappa shape index (κ1) is 25.3. The lowest BCUT2D eigenvalue weighted by Crippen LogP contribution is -2.44. The van der Waals surface area contributed by atoms with E-state index < -0.39 is 43.2 Å². The van der Waals surface area contributed by atoms with Crippen LogP contribution < -0.4 is 5.32 Å². The molecule has 0 fully saturated rings. The summed E-state index contributed by atoms with van der Waals surface area (Å²) in [4.78, 5) is 11.6. The predicted molar refractivity (Wildman–Crippen MR) is 96.0 cm³/mol. The second-order valence-electron chi connectivity index (χ2n) is 6.60. The van der Waals surface area contributed by atoms with E-state index in [0.29, 0.717) is 0 Å². The van der Waals surface area contributed by atoms with E-state index >= 15 is 0 Å². The molecule has 0 aromatic heterocycles. The van der Waals surface area contributed by atoms with Crippen molar-refractivity contribution < 1.29 is 37.6 Å². The summed E-state index contributed by atoms with van der Waals surface area (Å²) in [6, 6.07) is 0. The second kappa shape index (κ2) is 10.6. The van der Waals surface area contributed by atoms with E-state index in [1.807, 2.05) is 0 Å². The van der Waals surface area contributed by atoms with Gasteiger partial charge in [-0.2, -0.15) is 0 Å². The Morgan fingerprint density at radius 2 is 1.62 bits per heavy atom. The van der Waals surface area contributed by atoms with Crippen molar-refractivity contribution in [2.75, 3.05) is 26.4 Å². The van der Waals surface area contributed by atoms with Gasteiger partial charge in [-0.25, -0.2) is 9.18 Å². The number of ether oxygens (including phenoxy) is 3. The van der Waals surface area contributed by atoms with Crippen LogP contribution >= 0.6 is 7.37 Å². The highest BCUT2D eigenvalue weighted by Crippen LogP contribution is 2.64. The van der Waals surface area contributed by atoms with Crippen LogP contribution in [0.3, 0.4) is 0 Å². The molecule has 156 valence electrons. The molecule has 8 nitrogen and oxygen atoms in total. The Morgan fingerprint density at radius 3 is 2.00 bits per heavy atom. The van der Waals surface area contributed by atoms with Gasteiger partial charge in [-0.15, -0.1) is 0 Å². The average molecular weight is 401 g/mol. The number of nitrogens with one attached hydrogen (secondary N) is 1. The van der Waals surface area contributed by atoms with Gasteiger partial charge in [0.15, 0.2) is 0 Å². The number of aliphatic hydroxyl groups is 1. The fraction of sp³-hybridized carbons (Fsp3) is 0.938. The number of hydrogen-bond donors (Lipinski definition) is 2. The SMILES string of the molecule is CCOC(C)(OCC)P(=O)(OCC)C(F)C(O)CNC(=O)OC(C)(C)C. The van der Waals surface area contributed by atoms with Crippen LogP contribution in [0.2, 0.25) is 0 Å². The topological polar surface area (TPSA) is 103 Å². The molecule has 0 spiro atoms. The van der Waals surface area contributed by atoms with Crippen molar-refractivity contribution >= 4 is 13.5 Å². The number of rotatable bonds is 11. The van der Waals surface area contributed by atoms with Crippen LogP contribution in [0.1, 0.15) is 48.5 Å². The molecule has 3 unspecified atom stereocenters. The van der Waals surface area contributed by atoms with E-state index in [-0.39, 0.29) is 19.8 Å². The second-order valence-corrected chi connectivity index (χ2v) is 9.36. The van der Waals surface area contributed by atoms with Gasteiger partial charge in [-0.05, 0) is 48.5 Å². The average Bonchev–Trinajstić information content (AvgIpc) is 2.50. The van der Waals surface area contributed by atoms with Crippen molar-refractivity contribution in [2.45, 2.75) is 71.6 Å². The van der Waals surface area contributed by atoms with Gasteiger partial charge in [0, 0.05) is 13.2 Å². The lowest BCUT2D eigenvalue weighted by molar-refractivity contribution is -0.170. The Kier molecular flexibility index (Phi) is 10.3. The molecule has 0 bridgehead atoms. The van der Waals surface area contributed by atoms with E-state index in [4.69, 9.17) is 18.7 Å². The summed E-state index contributed by atoms with van der Waals surface area (Å²) < 4.78 is 49.2. The van der Waals surface area contributed by atoms with Crippen LogP contribution in [-0.4, -0.2) is 60.7 Å². The maximum absolute atomic E-state index is 15.0. The highest BCUT2D eigenvalue weighted by atomic mass is 31.2.